The monoisotopic (exact) mass is 284 g/mol. The number of phenolic OH excluding ortho intramolecular Hbond substituents is 1. The molecule has 0 fully saturated rings. The van der Waals surface area contributed by atoms with Crippen molar-refractivity contribution < 1.29 is 14.6 Å². The van der Waals surface area contributed by atoms with Gasteiger partial charge in [-0.15, -0.1) is 0 Å². The Morgan fingerprint density at radius 2 is 2.05 bits per heavy atom. The fourth-order valence-corrected chi connectivity index (χ4v) is 1.80. The van der Waals surface area contributed by atoms with Crippen molar-refractivity contribution in [3.63, 3.8) is 0 Å². The minimum atomic E-state index is -0.199. The van der Waals surface area contributed by atoms with E-state index in [1.165, 1.54) is 25.5 Å². The molecule has 2 aromatic carbocycles. The van der Waals surface area contributed by atoms with Crippen LogP contribution in [-0.2, 0) is 11.2 Å². The highest BCUT2D eigenvalue weighted by atomic mass is 16.5. The van der Waals surface area contributed by atoms with Gasteiger partial charge in [-0.25, -0.2) is 5.43 Å². The Hall–Kier alpha value is -2.82. The van der Waals surface area contributed by atoms with Crippen molar-refractivity contribution in [3.05, 3.63) is 59.7 Å². The third-order valence-electron chi connectivity index (χ3n) is 2.82. The lowest BCUT2D eigenvalue weighted by molar-refractivity contribution is -0.120. The van der Waals surface area contributed by atoms with Gasteiger partial charge < -0.3 is 9.84 Å². The lowest BCUT2D eigenvalue weighted by Gasteiger charge is -2.04. The highest BCUT2D eigenvalue weighted by Crippen LogP contribution is 2.21. The summed E-state index contributed by atoms with van der Waals surface area (Å²) >= 11 is 0. The Morgan fingerprint density at radius 3 is 2.76 bits per heavy atom. The largest absolute Gasteiger partial charge is 0.508 e. The summed E-state index contributed by atoms with van der Waals surface area (Å²) in [5, 5.41) is 13.2. The van der Waals surface area contributed by atoms with E-state index in [2.05, 4.69) is 10.5 Å². The molecule has 0 heterocycles. The third-order valence-corrected chi connectivity index (χ3v) is 2.82. The number of hydrazone groups is 1. The van der Waals surface area contributed by atoms with Crippen molar-refractivity contribution >= 4 is 12.1 Å². The SMILES string of the molecule is COc1cc(O)ccc1C=NNC(=O)Cc1ccccc1. The van der Waals surface area contributed by atoms with Crippen LogP contribution in [0.25, 0.3) is 0 Å². The molecule has 1 amide bonds. The zero-order valence-electron chi connectivity index (χ0n) is 11.6. The number of nitrogens with one attached hydrogen (secondary N) is 1. The lowest BCUT2D eigenvalue weighted by atomic mass is 10.1. The second-order valence-corrected chi connectivity index (χ2v) is 4.38. The number of ether oxygens (including phenoxy) is 1. The summed E-state index contributed by atoms with van der Waals surface area (Å²) in [5.41, 5.74) is 4.04. The van der Waals surface area contributed by atoms with Crippen molar-refractivity contribution in [3.8, 4) is 11.5 Å². The van der Waals surface area contributed by atoms with Gasteiger partial charge in [0.25, 0.3) is 0 Å². The van der Waals surface area contributed by atoms with Gasteiger partial charge in [-0.05, 0) is 17.7 Å². The van der Waals surface area contributed by atoms with E-state index in [9.17, 15) is 9.90 Å². The summed E-state index contributed by atoms with van der Waals surface area (Å²) in [6, 6.07) is 14.1. The number of rotatable bonds is 5. The molecule has 5 nitrogen and oxygen atoms in total. The van der Waals surface area contributed by atoms with Gasteiger partial charge in [0.1, 0.15) is 11.5 Å². The average molecular weight is 284 g/mol. The molecular formula is C16H16N2O3. The van der Waals surface area contributed by atoms with E-state index >= 15 is 0 Å². The first-order valence-electron chi connectivity index (χ1n) is 6.42. The summed E-state index contributed by atoms with van der Waals surface area (Å²) < 4.78 is 5.12. The Morgan fingerprint density at radius 1 is 1.29 bits per heavy atom. The van der Waals surface area contributed by atoms with Crippen LogP contribution in [0.4, 0.5) is 0 Å². The molecule has 0 aliphatic rings. The van der Waals surface area contributed by atoms with Crippen LogP contribution in [0.2, 0.25) is 0 Å². The van der Waals surface area contributed by atoms with Gasteiger partial charge in [-0.2, -0.15) is 5.10 Å². The number of phenols is 1. The number of benzene rings is 2. The second-order valence-electron chi connectivity index (χ2n) is 4.38. The number of amides is 1. The quantitative estimate of drug-likeness (QED) is 0.652. The van der Waals surface area contributed by atoms with E-state index in [1.54, 1.807) is 6.07 Å². The summed E-state index contributed by atoms with van der Waals surface area (Å²) in [5.74, 6) is 0.392. The Bertz CT molecular complexity index is 639. The van der Waals surface area contributed by atoms with E-state index in [1.807, 2.05) is 30.3 Å². The van der Waals surface area contributed by atoms with Crippen LogP contribution < -0.4 is 10.2 Å². The molecule has 0 atom stereocenters. The Balaban J connectivity index is 1.95. The fourth-order valence-electron chi connectivity index (χ4n) is 1.80. The molecule has 0 spiro atoms. The van der Waals surface area contributed by atoms with Crippen LogP contribution in [0.1, 0.15) is 11.1 Å². The zero-order valence-corrected chi connectivity index (χ0v) is 11.6. The maximum Gasteiger partial charge on any atom is 0.244 e. The maximum absolute atomic E-state index is 11.7. The van der Waals surface area contributed by atoms with Crippen molar-refractivity contribution in [2.24, 2.45) is 5.10 Å². The standard InChI is InChI=1S/C16H16N2O3/c1-21-15-10-14(19)8-7-13(15)11-17-18-16(20)9-12-5-3-2-4-6-12/h2-8,10-11,19H,9H2,1H3,(H,18,20). The molecule has 2 aromatic rings. The summed E-state index contributed by atoms with van der Waals surface area (Å²) in [4.78, 5) is 11.7. The molecule has 0 bridgehead atoms. The summed E-state index contributed by atoms with van der Waals surface area (Å²) in [7, 11) is 1.50. The molecule has 2 rings (SSSR count). The van der Waals surface area contributed by atoms with Crippen LogP contribution in [0.3, 0.4) is 0 Å². The number of hydrogen-bond donors (Lipinski definition) is 2. The van der Waals surface area contributed by atoms with Crippen LogP contribution in [-0.4, -0.2) is 24.3 Å². The molecule has 0 aliphatic carbocycles. The van der Waals surface area contributed by atoms with Gasteiger partial charge in [0.05, 0.1) is 19.7 Å². The van der Waals surface area contributed by atoms with Gasteiger partial charge >= 0.3 is 0 Å². The van der Waals surface area contributed by atoms with Crippen LogP contribution >= 0.6 is 0 Å². The molecule has 2 N–H and O–H groups in total. The average Bonchev–Trinajstić information content (AvgIpc) is 2.49. The molecule has 0 saturated heterocycles. The second kappa shape index (κ2) is 7.09. The fraction of sp³-hybridized carbons (Fsp3) is 0.125. The highest BCUT2D eigenvalue weighted by Gasteiger charge is 2.03. The van der Waals surface area contributed by atoms with Gasteiger partial charge in [0.15, 0.2) is 0 Å². The molecule has 0 aromatic heterocycles. The molecule has 21 heavy (non-hydrogen) atoms. The lowest BCUT2D eigenvalue weighted by Crippen LogP contribution is -2.19. The van der Waals surface area contributed by atoms with E-state index < -0.39 is 0 Å². The number of carbonyl (C=O) groups is 1. The van der Waals surface area contributed by atoms with Crippen molar-refractivity contribution in [1.82, 2.24) is 5.43 Å². The molecule has 108 valence electrons. The number of nitrogens with zero attached hydrogens (tertiary/aromatic N) is 1. The first kappa shape index (κ1) is 14.6. The minimum absolute atomic E-state index is 0.108. The van der Waals surface area contributed by atoms with Gasteiger partial charge in [-0.3, -0.25) is 4.79 Å². The van der Waals surface area contributed by atoms with E-state index in [0.29, 0.717) is 11.3 Å². The van der Waals surface area contributed by atoms with Crippen molar-refractivity contribution in [2.75, 3.05) is 7.11 Å². The zero-order chi connectivity index (χ0) is 15.1. The number of hydrogen-bond acceptors (Lipinski definition) is 4. The van der Waals surface area contributed by atoms with E-state index in [-0.39, 0.29) is 18.1 Å². The molecule has 5 heteroatoms. The van der Waals surface area contributed by atoms with Gasteiger partial charge in [0.2, 0.25) is 5.91 Å². The van der Waals surface area contributed by atoms with Crippen LogP contribution in [0.5, 0.6) is 11.5 Å². The summed E-state index contributed by atoms with van der Waals surface area (Å²) in [6.07, 6.45) is 1.74. The molecule has 0 aliphatic heterocycles. The van der Waals surface area contributed by atoms with E-state index in [4.69, 9.17) is 4.74 Å². The highest BCUT2D eigenvalue weighted by molar-refractivity contribution is 5.86. The first-order chi connectivity index (χ1) is 10.2. The smallest absolute Gasteiger partial charge is 0.244 e. The number of carbonyl (C=O) groups excluding carboxylic acids is 1. The van der Waals surface area contributed by atoms with Crippen LogP contribution in [0.15, 0.2) is 53.6 Å². The van der Waals surface area contributed by atoms with Crippen molar-refractivity contribution in [1.29, 1.82) is 0 Å². The normalized spacial score (nSPS) is 10.5. The number of methoxy groups -OCH3 is 1. The predicted octanol–water partition coefficient (Wildman–Crippen LogP) is 2.09. The molecule has 0 saturated carbocycles. The van der Waals surface area contributed by atoms with Gasteiger partial charge in [0, 0.05) is 11.6 Å². The molecule has 0 radical (unpaired) electrons. The Kier molecular flexibility index (Phi) is 4.93. The van der Waals surface area contributed by atoms with Crippen molar-refractivity contribution in [2.45, 2.75) is 6.42 Å². The molecule has 0 unspecified atom stereocenters. The topological polar surface area (TPSA) is 70.9 Å². The summed E-state index contributed by atoms with van der Waals surface area (Å²) in [6.45, 7) is 0. The minimum Gasteiger partial charge on any atom is -0.508 e. The predicted molar refractivity (Wildman–Crippen MR) is 80.5 cm³/mol. The Labute approximate surface area is 122 Å². The molecular weight excluding hydrogens is 268 g/mol. The van der Waals surface area contributed by atoms with Crippen LogP contribution in [0, 0.1) is 0 Å². The first-order valence-corrected chi connectivity index (χ1v) is 6.42. The number of aromatic hydroxyl groups is 1. The van der Waals surface area contributed by atoms with E-state index in [0.717, 1.165) is 5.56 Å². The third kappa shape index (κ3) is 4.35. The maximum atomic E-state index is 11.7. The van der Waals surface area contributed by atoms with Gasteiger partial charge in [-0.1, -0.05) is 30.3 Å².